The van der Waals surface area contributed by atoms with Crippen LogP contribution >= 0.6 is 0 Å². The zero-order chi connectivity index (χ0) is 29.4. The fourth-order valence-electron chi connectivity index (χ4n) is 6.88. The summed E-state index contributed by atoms with van der Waals surface area (Å²) in [6.45, 7) is 11.9. The lowest BCUT2D eigenvalue weighted by Crippen LogP contribution is -2.22. The molecule has 2 nitrogen and oxygen atoms in total. The Morgan fingerprint density at radius 1 is 0.643 bits per heavy atom. The fraction of sp³-hybridized carbons (Fsp3) is 0.300. The summed E-state index contributed by atoms with van der Waals surface area (Å²) in [5, 5.41) is 2.20. The molecule has 0 saturated heterocycles. The molecule has 0 spiro atoms. The highest BCUT2D eigenvalue weighted by atomic mass is 16.5. The molecule has 0 amide bonds. The number of rotatable bonds is 9. The predicted molar refractivity (Wildman–Crippen MR) is 177 cm³/mol. The van der Waals surface area contributed by atoms with Crippen LogP contribution in [-0.4, -0.2) is 13.7 Å². The number of benzene rings is 5. The third kappa shape index (κ3) is 4.67. The molecular weight excluding hydrogens is 512 g/mol. The average molecular weight is 555 g/mol. The lowest BCUT2D eigenvalue weighted by atomic mass is 9.73. The van der Waals surface area contributed by atoms with Gasteiger partial charge in [0.1, 0.15) is 11.5 Å². The van der Waals surface area contributed by atoms with E-state index in [1.165, 1.54) is 63.8 Å². The SMILES string of the molecule is CCCCCCOc1c(C)ccc2c(OC)c(-c3ccc4c(c3)C(C)(c3cccc(C)c3)c3cc(C)ccc3-4)ccc12. The zero-order valence-corrected chi connectivity index (χ0v) is 25.9. The second kappa shape index (κ2) is 11.3. The van der Waals surface area contributed by atoms with Crippen LogP contribution in [0.5, 0.6) is 11.5 Å². The standard InChI is InChI=1S/C40H42O2/c1-7-8-9-10-22-42-38-28(4)15-18-35-34(38)21-20-31(39(35)41-6)29-16-19-33-32-17-14-27(3)24-36(32)40(5,37(33)25-29)30-13-11-12-26(2)23-30/h11-21,23-25H,7-10,22H2,1-6H3. The maximum Gasteiger partial charge on any atom is 0.134 e. The second-order valence-electron chi connectivity index (χ2n) is 12.2. The third-order valence-corrected chi connectivity index (χ3v) is 9.22. The fourth-order valence-corrected chi connectivity index (χ4v) is 6.88. The predicted octanol–water partition coefficient (Wildman–Crippen LogP) is 10.7. The third-order valence-electron chi connectivity index (χ3n) is 9.22. The van der Waals surface area contributed by atoms with Crippen molar-refractivity contribution in [3.05, 3.63) is 118 Å². The van der Waals surface area contributed by atoms with Crippen molar-refractivity contribution in [2.24, 2.45) is 0 Å². The summed E-state index contributed by atoms with van der Waals surface area (Å²) in [7, 11) is 1.78. The van der Waals surface area contributed by atoms with Gasteiger partial charge in [-0.05, 0) is 91.3 Å². The van der Waals surface area contributed by atoms with E-state index >= 15 is 0 Å². The molecule has 0 saturated carbocycles. The van der Waals surface area contributed by atoms with Gasteiger partial charge in [0.05, 0.1) is 13.7 Å². The van der Waals surface area contributed by atoms with E-state index in [-0.39, 0.29) is 5.41 Å². The number of hydrogen-bond acceptors (Lipinski definition) is 2. The maximum atomic E-state index is 6.38. The summed E-state index contributed by atoms with van der Waals surface area (Å²) in [5.41, 5.74) is 12.4. The van der Waals surface area contributed by atoms with Crippen molar-refractivity contribution in [2.45, 2.75) is 65.7 Å². The largest absolute Gasteiger partial charge is 0.495 e. The summed E-state index contributed by atoms with van der Waals surface area (Å²) < 4.78 is 12.5. The van der Waals surface area contributed by atoms with Gasteiger partial charge in [-0.2, -0.15) is 0 Å². The van der Waals surface area contributed by atoms with Crippen molar-refractivity contribution < 1.29 is 9.47 Å². The summed E-state index contributed by atoms with van der Waals surface area (Å²) in [6.07, 6.45) is 4.77. The molecule has 0 radical (unpaired) electrons. The Balaban J connectivity index is 1.48. The minimum Gasteiger partial charge on any atom is -0.495 e. The van der Waals surface area contributed by atoms with Crippen molar-refractivity contribution in [2.75, 3.05) is 13.7 Å². The first kappa shape index (κ1) is 28.1. The van der Waals surface area contributed by atoms with Gasteiger partial charge in [0, 0.05) is 21.8 Å². The van der Waals surface area contributed by atoms with Crippen LogP contribution in [0, 0.1) is 20.8 Å². The average Bonchev–Trinajstić information content (AvgIpc) is 3.25. The topological polar surface area (TPSA) is 18.5 Å². The molecule has 0 bridgehead atoms. The lowest BCUT2D eigenvalue weighted by molar-refractivity contribution is 0.306. The minimum atomic E-state index is -0.251. The van der Waals surface area contributed by atoms with Gasteiger partial charge in [-0.25, -0.2) is 0 Å². The monoisotopic (exact) mass is 554 g/mol. The molecule has 214 valence electrons. The number of fused-ring (bicyclic) bond motifs is 4. The van der Waals surface area contributed by atoms with E-state index in [1.54, 1.807) is 7.11 Å². The number of hydrogen-bond donors (Lipinski definition) is 0. The van der Waals surface area contributed by atoms with E-state index in [0.717, 1.165) is 46.4 Å². The Morgan fingerprint density at radius 3 is 2.10 bits per heavy atom. The Morgan fingerprint density at radius 2 is 1.33 bits per heavy atom. The summed E-state index contributed by atoms with van der Waals surface area (Å²) in [4.78, 5) is 0. The first-order chi connectivity index (χ1) is 20.4. The highest BCUT2D eigenvalue weighted by Gasteiger charge is 2.41. The first-order valence-corrected chi connectivity index (χ1v) is 15.4. The van der Waals surface area contributed by atoms with Gasteiger partial charge in [-0.15, -0.1) is 0 Å². The van der Waals surface area contributed by atoms with Gasteiger partial charge in [-0.3, -0.25) is 0 Å². The van der Waals surface area contributed by atoms with E-state index in [0.29, 0.717) is 0 Å². The summed E-state index contributed by atoms with van der Waals surface area (Å²) in [5.74, 6) is 1.87. The molecule has 0 fully saturated rings. The maximum absolute atomic E-state index is 6.38. The Labute approximate surface area is 251 Å². The summed E-state index contributed by atoms with van der Waals surface area (Å²) in [6, 6.07) is 31.6. The van der Waals surface area contributed by atoms with Crippen LogP contribution in [0.1, 0.15) is 72.9 Å². The van der Waals surface area contributed by atoms with Crippen molar-refractivity contribution in [1.29, 1.82) is 0 Å². The lowest BCUT2D eigenvalue weighted by Gasteiger charge is -2.29. The second-order valence-corrected chi connectivity index (χ2v) is 12.2. The van der Waals surface area contributed by atoms with Crippen LogP contribution < -0.4 is 9.47 Å². The number of aryl methyl sites for hydroxylation is 3. The van der Waals surface area contributed by atoms with E-state index in [4.69, 9.17) is 9.47 Å². The quantitative estimate of drug-likeness (QED) is 0.169. The van der Waals surface area contributed by atoms with Gasteiger partial charge in [-0.1, -0.05) is 104 Å². The van der Waals surface area contributed by atoms with Crippen LogP contribution in [0.25, 0.3) is 33.0 Å². The van der Waals surface area contributed by atoms with Gasteiger partial charge >= 0.3 is 0 Å². The number of methoxy groups -OCH3 is 1. The van der Waals surface area contributed by atoms with E-state index < -0.39 is 0 Å². The molecule has 6 rings (SSSR count). The van der Waals surface area contributed by atoms with Crippen LogP contribution in [0.15, 0.2) is 84.9 Å². The van der Waals surface area contributed by atoms with Gasteiger partial charge in [0.2, 0.25) is 0 Å². The normalized spacial score (nSPS) is 15.5. The van der Waals surface area contributed by atoms with Crippen molar-refractivity contribution >= 4 is 10.8 Å². The molecule has 0 N–H and O–H groups in total. The van der Waals surface area contributed by atoms with Gasteiger partial charge < -0.3 is 9.47 Å². The molecule has 42 heavy (non-hydrogen) atoms. The smallest absolute Gasteiger partial charge is 0.134 e. The molecule has 0 heterocycles. The van der Waals surface area contributed by atoms with Gasteiger partial charge in [0.25, 0.3) is 0 Å². The minimum absolute atomic E-state index is 0.251. The van der Waals surface area contributed by atoms with E-state index in [9.17, 15) is 0 Å². The molecule has 1 aliphatic rings. The van der Waals surface area contributed by atoms with Crippen LogP contribution in [0.2, 0.25) is 0 Å². The van der Waals surface area contributed by atoms with Crippen LogP contribution in [0.4, 0.5) is 0 Å². The molecule has 0 aliphatic heterocycles. The highest BCUT2D eigenvalue weighted by molar-refractivity contribution is 5.99. The molecule has 5 aromatic rings. The molecule has 1 atom stereocenters. The van der Waals surface area contributed by atoms with Crippen LogP contribution in [0.3, 0.4) is 0 Å². The Hall–Kier alpha value is -4.04. The van der Waals surface area contributed by atoms with Gasteiger partial charge in [0.15, 0.2) is 0 Å². The Bertz CT molecular complexity index is 1780. The number of ether oxygens (including phenoxy) is 2. The zero-order valence-electron chi connectivity index (χ0n) is 25.9. The first-order valence-electron chi connectivity index (χ1n) is 15.4. The van der Waals surface area contributed by atoms with Crippen molar-refractivity contribution in [1.82, 2.24) is 0 Å². The van der Waals surface area contributed by atoms with Crippen molar-refractivity contribution in [3.8, 4) is 33.8 Å². The molecular formula is C40H42O2. The molecule has 1 aliphatic carbocycles. The highest BCUT2D eigenvalue weighted by Crippen LogP contribution is 2.54. The molecule has 1 unspecified atom stereocenters. The van der Waals surface area contributed by atoms with Crippen molar-refractivity contribution in [3.63, 3.8) is 0 Å². The molecule has 0 aromatic heterocycles. The number of unbranched alkanes of at least 4 members (excludes halogenated alkanes) is 3. The van der Waals surface area contributed by atoms with Crippen LogP contribution in [-0.2, 0) is 5.41 Å². The molecule has 5 aromatic carbocycles. The van der Waals surface area contributed by atoms with E-state index in [2.05, 4.69) is 120 Å². The van der Waals surface area contributed by atoms with E-state index in [1.807, 2.05) is 0 Å². The molecule has 2 heteroatoms. The Kier molecular flexibility index (Phi) is 7.58. The summed E-state index contributed by atoms with van der Waals surface area (Å²) >= 11 is 0.